The predicted octanol–water partition coefficient (Wildman–Crippen LogP) is 3.47. The van der Waals surface area contributed by atoms with Crippen molar-refractivity contribution in [2.75, 3.05) is 44.8 Å². The number of carbonyl (C=O) groups excluding carboxylic acids is 1. The number of halogens is 1. The van der Waals surface area contributed by atoms with Crippen molar-refractivity contribution in [3.05, 3.63) is 84.2 Å². The number of fused-ring (bicyclic) bond motifs is 1. The van der Waals surface area contributed by atoms with Crippen molar-refractivity contribution in [1.82, 2.24) is 29.7 Å². The van der Waals surface area contributed by atoms with Gasteiger partial charge in [0.05, 0.1) is 13.4 Å². The van der Waals surface area contributed by atoms with Crippen molar-refractivity contribution in [1.29, 1.82) is 0 Å². The van der Waals surface area contributed by atoms with Gasteiger partial charge in [-0.2, -0.15) is 4.98 Å². The van der Waals surface area contributed by atoms with E-state index >= 15 is 0 Å². The number of ether oxygens (including phenoxy) is 2. The van der Waals surface area contributed by atoms with Crippen molar-refractivity contribution < 1.29 is 23.1 Å². The van der Waals surface area contributed by atoms with E-state index in [1.165, 1.54) is 13.2 Å². The summed E-state index contributed by atoms with van der Waals surface area (Å²) in [6.45, 7) is 3.42. The molecule has 11 nitrogen and oxygen atoms in total. The first-order valence-corrected chi connectivity index (χ1v) is 13.8. The Kier molecular flexibility index (Phi) is 8.13. The second-order valence-corrected chi connectivity index (χ2v) is 10.3. The summed E-state index contributed by atoms with van der Waals surface area (Å²) < 4.78 is 32.4. The summed E-state index contributed by atoms with van der Waals surface area (Å²) in [5.74, 6) is 2.50. The van der Waals surface area contributed by atoms with Crippen LogP contribution >= 0.6 is 0 Å². The van der Waals surface area contributed by atoms with Gasteiger partial charge >= 0.3 is 0 Å². The van der Waals surface area contributed by atoms with Crippen LogP contribution in [0.3, 0.4) is 0 Å². The van der Waals surface area contributed by atoms with Crippen LogP contribution in [-0.4, -0.2) is 76.3 Å². The number of aromatic nitrogens is 4. The minimum Gasteiger partial charge on any atom is -0.494 e. The van der Waals surface area contributed by atoms with Crippen molar-refractivity contribution in [2.45, 2.75) is 25.4 Å². The van der Waals surface area contributed by atoms with Crippen LogP contribution in [0.5, 0.6) is 11.5 Å². The van der Waals surface area contributed by atoms with E-state index in [0.717, 1.165) is 22.7 Å². The Morgan fingerprint density at radius 1 is 1.21 bits per heavy atom. The molecular formula is C30H32FN7O4. The fourth-order valence-electron chi connectivity index (χ4n) is 5.29. The molecule has 0 saturated carbocycles. The molecule has 0 radical (unpaired) electrons. The minimum atomic E-state index is -0.404. The second kappa shape index (κ2) is 12.4. The summed E-state index contributed by atoms with van der Waals surface area (Å²) >= 11 is 0. The molecule has 2 aliphatic heterocycles. The molecule has 0 aliphatic carbocycles. The molecule has 1 N–H and O–H groups in total. The number of nitrogens with one attached hydrogen (secondary N) is 1. The fourth-order valence-corrected chi connectivity index (χ4v) is 5.29. The Morgan fingerprint density at radius 3 is 2.98 bits per heavy atom. The highest BCUT2D eigenvalue weighted by Gasteiger charge is 2.30. The Morgan fingerprint density at radius 2 is 2.14 bits per heavy atom. The van der Waals surface area contributed by atoms with Crippen LogP contribution in [0, 0.1) is 5.82 Å². The van der Waals surface area contributed by atoms with E-state index in [-0.39, 0.29) is 24.1 Å². The highest BCUT2D eigenvalue weighted by atomic mass is 19.1. The zero-order valence-corrected chi connectivity index (χ0v) is 23.3. The number of anilines is 1. The number of nitrogens with zero attached hydrogens (tertiary/aromatic N) is 6. The Labute approximate surface area is 242 Å². The zero-order valence-electron chi connectivity index (χ0n) is 23.3. The summed E-state index contributed by atoms with van der Waals surface area (Å²) in [5.41, 5.74) is 1.88. The number of imidazole rings is 1. The van der Waals surface area contributed by atoms with E-state index in [4.69, 9.17) is 18.9 Å². The maximum Gasteiger partial charge on any atom is 0.236 e. The second-order valence-electron chi connectivity index (χ2n) is 10.3. The van der Waals surface area contributed by atoms with Crippen molar-refractivity contribution >= 4 is 17.8 Å². The van der Waals surface area contributed by atoms with E-state index in [1.807, 2.05) is 18.2 Å². The smallest absolute Gasteiger partial charge is 0.236 e. The third-order valence-corrected chi connectivity index (χ3v) is 7.49. The van der Waals surface area contributed by atoms with Gasteiger partial charge in [0.1, 0.15) is 18.8 Å². The van der Waals surface area contributed by atoms with Crippen molar-refractivity contribution in [3.63, 3.8) is 0 Å². The SMILES string of the molecule is COc1ccc(CN2CCN(c3ccnc(-n4ccnc4)n3)CC2CC(=O)NCCC2=Cc3occc3OC2)cc1F. The van der Waals surface area contributed by atoms with E-state index in [9.17, 15) is 9.18 Å². The van der Waals surface area contributed by atoms with E-state index in [1.54, 1.807) is 47.9 Å². The summed E-state index contributed by atoms with van der Waals surface area (Å²) in [6.07, 6.45) is 11.4. The highest BCUT2D eigenvalue weighted by Crippen LogP contribution is 2.28. The molecule has 4 aromatic rings. The summed E-state index contributed by atoms with van der Waals surface area (Å²) in [4.78, 5) is 30.7. The standard InChI is InChI=1S/C30H32FN7O4/c1-40-25-3-2-21(14-24(25)31)17-36-11-12-37(28-5-8-34-30(35-28)38-10-9-32-20-38)18-23(36)16-29(39)33-7-4-22-15-27-26(42-19-22)6-13-41-27/h2-3,5-6,8-10,13-15,20,23H,4,7,11-12,16-19H2,1H3,(H,33,39). The van der Waals surface area contributed by atoms with Gasteiger partial charge in [0.25, 0.3) is 0 Å². The molecule has 1 amide bonds. The predicted molar refractivity (Wildman–Crippen MR) is 153 cm³/mol. The van der Waals surface area contributed by atoms with Crippen LogP contribution < -0.4 is 19.7 Å². The van der Waals surface area contributed by atoms with Crippen LogP contribution in [0.15, 0.2) is 71.5 Å². The minimum absolute atomic E-state index is 0.0504. The molecule has 5 heterocycles. The molecule has 6 rings (SSSR count). The first kappa shape index (κ1) is 27.5. The first-order valence-electron chi connectivity index (χ1n) is 13.8. The van der Waals surface area contributed by atoms with Gasteiger partial charge in [0, 0.05) is 69.8 Å². The molecule has 1 atom stereocenters. The van der Waals surface area contributed by atoms with Gasteiger partial charge in [-0.15, -0.1) is 0 Å². The lowest BCUT2D eigenvalue weighted by Gasteiger charge is -2.42. The third-order valence-electron chi connectivity index (χ3n) is 7.49. The average molecular weight is 574 g/mol. The normalized spacial score (nSPS) is 16.9. The number of methoxy groups -OCH3 is 1. The summed E-state index contributed by atoms with van der Waals surface area (Å²) in [5, 5.41) is 3.06. The fraction of sp³-hybridized carbons (Fsp3) is 0.333. The topological polar surface area (TPSA) is 111 Å². The maximum absolute atomic E-state index is 14.5. The molecule has 0 bridgehead atoms. The van der Waals surface area contributed by atoms with Crippen LogP contribution in [0.4, 0.5) is 10.2 Å². The van der Waals surface area contributed by atoms with Gasteiger partial charge in [0.2, 0.25) is 11.9 Å². The van der Waals surface area contributed by atoms with Crippen LogP contribution in [0.1, 0.15) is 24.2 Å². The lowest BCUT2D eigenvalue weighted by molar-refractivity contribution is -0.122. The zero-order chi connectivity index (χ0) is 28.9. The Balaban J connectivity index is 1.13. The number of furan rings is 1. The first-order chi connectivity index (χ1) is 20.6. The molecule has 218 valence electrons. The third kappa shape index (κ3) is 6.28. The van der Waals surface area contributed by atoms with Gasteiger partial charge in [-0.1, -0.05) is 6.07 Å². The molecule has 1 fully saturated rings. The number of hydrogen-bond acceptors (Lipinski definition) is 9. The quantitative estimate of drug-likeness (QED) is 0.305. The lowest BCUT2D eigenvalue weighted by Crippen LogP contribution is -2.54. The molecule has 3 aromatic heterocycles. The van der Waals surface area contributed by atoms with E-state index in [2.05, 4.69) is 25.1 Å². The molecule has 1 unspecified atom stereocenters. The highest BCUT2D eigenvalue weighted by molar-refractivity contribution is 5.76. The molecule has 1 aromatic carbocycles. The number of rotatable bonds is 10. The van der Waals surface area contributed by atoms with Gasteiger partial charge < -0.3 is 24.1 Å². The van der Waals surface area contributed by atoms with Gasteiger partial charge in [-0.3, -0.25) is 14.3 Å². The monoisotopic (exact) mass is 573 g/mol. The van der Waals surface area contributed by atoms with Crippen molar-refractivity contribution in [3.8, 4) is 17.4 Å². The number of hydrogen-bond donors (Lipinski definition) is 1. The Hall–Kier alpha value is -4.71. The lowest BCUT2D eigenvalue weighted by atomic mass is 10.1. The molecule has 42 heavy (non-hydrogen) atoms. The molecule has 12 heteroatoms. The van der Waals surface area contributed by atoms with Crippen LogP contribution in [-0.2, 0) is 11.3 Å². The Bertz CT molecular complexity index is 1550. The molecule has 1 saturated heterocycles. The van der Waals surface area contributed by atoms with Gasteiger partial charge in [-0.25, -0.2) is 14.4 Å². The van der Waals surface area contributed by atoms with Crippen molar-refractivity contribution in [2.24, 2.45) is 0 Å². The number of piperazine rings is 1. The molecule has 2 aliphatic rings. The molecular weight excluding hydrogens is 541 g/mol. The van der Waals surface area contributed by atoms with E-state index < -0.39 is 5.82 Å². The number of benzene rings is 1. The van der Waals surface area contributed by atoms with Crippen LogP contribution in [0.2, 0.25) is 0 Å². The molecule has 0 spiro atoms. The summed E-state index contributed by atoms with van der Waals surface area (Å²) in [6, 6.07) is 8.53. The average Bonchev–Trinajstić information content (AvgIpc) is 3.71. The number of carbonyl (C=O) groups is 1. The summed E-state index contributed by atoms with van der Waals surface area (Å²) in [7, 11) is 1.45. The van der Waals surface area contributed by atoms with Gasteiger partial charge in [0.15, 0.2) is 23.1 Å². The van der Waals surface area contributed by atoms with Gasteiger partial charge in [-0.05, 0) is 41.8 Å². The van der Waals surface area contributed by atoms with E-state index in [0.29, 0.717) is 57.5 Å². The maximum atomic E-state index is 14.5. The van der Waals surface area contributed by atoms with Crippen LogP contribution in [0.25, 0.3) is 12.0 Å². The largest absolute Gasteiger partial charge is 0.494 e. The number of amides is 1.